The summed E-state index contributed by atoms with van der Waals surface area (Å²) in [6.07, 6.45) is 2.69. The highest BCUT2D eigenvalue weighted by molar-refractivity contribution is 7.92. The van der Waals surface area contributed by atoms with Crippen LogP contribution in [0.5, 0.6) is 5.75 Å². The molecule has 0 unspecified atom stereocenters. The van der Waals surface area contributed by atoms with Gasteiger partial charge in [-0.15, -0.1) is 0 Å². The molecule has 9 nitrogen and oxygen atoms in total. The molecule has 0 atom stereocenters. The third-order valence-corrected chi connectivity index (χ3v) is 8.30. The summed E-state index contributed by atoms with van der Waals surface area (Å²) in [4.78, 5) is 17.8. The Bertz CT molecular complexity index is 1980. The van der Waals surface area contributed by atoms with Gasteiger partial charge in [-0.25, -0.2) is 22.2 Å². The quantitative estimate of drug-likeness (QED) is 0.303. The lowest BCUT2D eigenvalue weighted by Crippen LogP contribution is -2.25. The first-order valence-corrected chi connectivity index (χ1v) is 14.3. The zero-order chi connectivity index (χ0) is 29.2. The number of benzene rings is 2. The van der Waals surface area contributed by atoms with Crippen LogP contribution in [-0.4, -0.2) is 44.2 Å². The van der Waals surface area contributed by atoms with Gasteiger partial charge in [-0.05, 0) is 49.4 Å². The maximum atomic E-state index is 15.1. The molecule has 0 saturated carbocycles. The molecule has 0 aliphatic carbocycles. The molecule has 6 rings (SSSR count). The minimum absolute atomic E-state index is 0.124. The number of hydrogen-bond acceptors (Lipinski definition) is 6. The van der Waals surface area contributed by atoms with Gasteiger partial charge in [0.15, 0.2) is 12.5 Å². The number of rotatable bonds is 5. The van der Waals surface area contributed by atoms with Gasteiger partial charge in [0.05, 0.1) is 23.2 Å². The Morgan fingerprint density at radius 3 is 2.54 bits per heavy atom. The highest BCUT2D eigenvalue weighted by Gasteiger charge is 2.29. The number of amides is 1. The zero-order valence-electron chi connectivity index (χ0n) is 22.5. The predicted molar refractivity (Wildman–Crippen MR) is 150 cm³/mol. The Labute approximate surface area is 234 Å². The fourth-order valence-corrected chi connectivity index (χ4v) is 5.47. The van der Waals surface area contributed by atoms with Crippen LogP contribution >= 0.6 is 0 Å². The van der Waals surface area contributed by atoms with Gasteiger partial charge in [0.2, 0.25) is 10.0 Å². The summed E-state index contributed by atoms with van der Waals surface area (Å²) < 4.78 is 68.7. The van der Waals surface area contributed by atoms with Gasteiger partial charge in [0.25, 0.3) is 5.91 Å². The lowest BCUT2D eigenvalue weighted by atomic mass is 10.0. The second-order valence-electron chi connectivity index (χ2n) is 9.75. The molecule has 0 radical (unpaired) electrons. The number of halogens is 2. The second-order valence-corrected chi connectivity index (χ2v) is 11.8. The number of aryl methyl sites for hydroxylation is 1. The SMILES string of the molecule is CNC(=O)c1c(-c2ccc(F)cc2)oc2cc(N(C)S(C)(=O)=O)c(-c3ccc4c(n3)-c3c(F)c(C)cn3CO4)cc12. The maximum Gasteiger partial charge on any atom is 0.255 e. The van der Waals surface area contributed by atoms with Gasteiger partial charge in [-0.3, -0.25) is 9.10 Å². The Balaban J connectivity index is 1.65. The van der Waals surface area contributed by atoms with Gasteiger partial charge >= 0.3 is 0 Å². The fourth-order valence-electron chi connectivity index (χ4n) is 4.96. The molecule has 12 heteroatoms. The van der Waals surface area contributed by atoms with E-state index < -0.39 is 27.6 Å². The van der Waals surface area contributed by atoms with E-state index in [-0.39, 0.29) is 40.7 Å². The van der Waals surface area contributed by atoms with Crippen molar-refractivity contribution >= 4 is 32.6 Å². The highest BCUT2D eigenvalue weighted by Crippen LogP contribution is 2.43. The lowest BCUT2D eigenvalue weighted by molar-refractivity contribution is 0.0964. The standard InChI is InChI=1S/C29H24F2N4O5S/c1-15-13-35-14-39-22-10-9-20(33-26(22)27(35)25(15)31)18-11-19-23(12-21(18)34(3)41(4,37)38)40-28(24(19)29(36)32-2)16-5-7-17(30)8-6-16/h5-13H,14H2,1-4H3,(H,32,36). The van der Waals surface area contributed by atoms with Crippen LogP contribution in [0, 0.1) is 18.6 Å². The Morgan fingerprint density at radius 1 is 1.12 bits per heavy atom. The second kappa shape index (κ2) is 9.44. The number of carbonyl (C=O) groups excluding carboxylic acids is 1. The number of aromatic nitrogens is 2. The Hall–Kier alpha value is -4.71. The number of ether oxygens (including phenoxy) is 1. The predicted octanol–water partition coefficient (Wildman–Crippen LogP) is 5.32. The molecule has 4 heterocycles. The molecular formula is C29H24F2N4O5S. The normalized spacial score (nSPS) is 12.5. The summed E-state index contributed by atoms with van der Waals surface area (Å²) in [7, 11) is -0.892. The highest BCUT2D eigenvalue weighted by atomic mass is 32.2. The molecule has 0 spiro atoms. The van der Waals surface area contributed by atoms with Gasteiger partial charge in [0, 0.05) is 48.4 Å². The van der Waals surface area contributed by atoms with Crippen LogP contribution in [0.4, 0.5) is 14.5 Å². The summed E-state index contributed by atoms with van der Waals surface area (Å²) in [5.74, 6) is -0.771. The van der Waals surface area contributed by atoms with Gasteiger partial charge < -0.3 is 19.0 Å². The molecule has 0 saturated heterocycles. The average molecular weight is 579 g/mol. The first-order chi connectivity index (χ1) is 19.5. The summed E-state index contributed by atoms with van der Waals surface area (Å²) >= 11 is 0. The van der Waals surface area contributed by atoms with E-state index in [0.717, 1.165) is 10.6 Å². The van der Waals surface area contributed by atoms with Gasteiger partial charge in [-0.1, -0.05) is 0 Å². The van der Waals surface area contributed by atoms with Gasteiger partial charge in [-0.2, -0.15) is 0 Å². The number of nitrogens with zero attached hydrogens (tertiary/aromatic N) is 3. The van der Waals surface area contributed by atoms with Crippen LogP contribution in [0.2, 0.25) is 0 Å². The third kappa shape index (κ3) is 4.31. The van der Waals surface area contributed by atoms with E-state index in [1.807, 2.05) is 0 Å². The molecule has 1 aliphatic rings. The largest absolute Gasteiger partial charge is 0.470 e. The average Bonchev–Trinajstić information content (AvgIpc) is 3.47. The number of nitrogens with one attached hydrogen (secondary N) is 1. The van der Waals surface area contributed by atoms with Crippen molar-refractivity contribution in [3.05, 3.63) is 77.5 Å². The van der Waals surface area contributed by atoms with E-state index in [2.05, 4.69) is 5.32 Å². The van der Waals surface area contributed by atoms with E-state index in [0.29, 0.717) is 33.5 Å². The number of hydrogen-bond donors (Lipinski definition) is 1. The Morgan fingerprint density at radius 2 is 1.85 bits per heavy atom. The molecule has 0 bridgehead atoms. The first kappa shape index (κ1) is 26.5. The molecule has 1 amide bonds. The fraction of sp³-hybridized carbons (Fsp3) is 0.172. The van der Waals surface area contributed by atoms with Crippen LogP contribution in [0.15, 0.2) is 59.1 Å². The molecule has 5 aromatic rings. The van der Waals surface area contributed by atoms with Crippen LogP contribution in [0.25, 0.3) is 44.9 Å². The third-order valence-electron chi connectivity index (χ3n) is 7.11. The van der Waals surface area contributed by atoms with Crippen LogP contribution in [0.3, 0.4) is 0 Å². The molecule has 1 N–H and O–H groups in total. The van der Waals surface area contributed by atoms with Crippen molar-refractivity contribution in [2.45, 2.75) is 13.7 Å². The summed E-state index contributed by atoms with van der Waals surface area (Å²) in [6, 6.07) is 11.9. The van der Waals surface area contributed by atoms with E-state index in [1.165, 1.54) is 44.4 Å². The van der Waals surface area contributed by atoms with E-state index in [4.69, 9.17) is 14.1 Å². The van der Waals surface area contributed by atoms with Crippen molar-refractivity contribution < 1.29 is 31.1 Å². The van der Waals surface area contributed by atoms with Crippen molar-refractivity contribution in [3.8, 4) is 39.7 Å². The maximum absolute atomic E-state index is 15.1. The van der Waals surface area contributed by atoms with Crippen LogP contribution < -0.4 is 14.4 Å². The number of carbonyl (C=O) groups is 1. The number of sulfonamides is 1. The molecular weight excluding hydrogens is 554 g/mol. The topological polar surface area (TPSA) is 107 Å². The van der Waals surface area contributed by atoms with E-state index in [1.54, 1.807) is 35.9 Å². The number of furan rings is 1. The Kier molecular flexibility index (Phi) is 6.11. The number of fused-ring (bicyclic) bond motifs is 4. The van der Waals surface area contributed by atoms with Crippen LogP contribution in [0.1, 0.15) is 15.9 Å². The van der Waals surface area contributed by atoms with Crippen LogP contribution in [-0.2, 0) is 16.8 Å². The number of anilines is 1. The van der Waals surface area contributed by atoms with E-state index >= 15 is 4.39 Å². The lowest BCUT2D eigenvalue weighted by Gasteiger charge is -2.22. The smallest absolute Gasteiger partial charge is 0.255 e. The first-order valence-electron chi connectivity index (χ1n) is 12.5. The summed E-state index contributed by atoms with van der Waals surface area (Å²) in [5.41, 5.74) is 2.72. The number of pyridine rings is 1. The molecule has 41 heavy (non-hydrogen) atoms. The molecule has 0 fully saturated rings. The minimum Gasteiger partial charge on any atom is -0.470 e. The summed E-state index contributed by atoms with van der Waals surface area (Å²) in [5, 5.41) is 2.99. The molecule has 1 aliphatic heterocycles. The van der Waals surface area contributed by atoms with Gasteiger partial charge in [0.1, 0.15) is 34.3 Å². The minimum atomic E-state index is -3.75. The van der Waals surface area contributed by atoms with Crippen molar-refractivity contribution in [1.29, 1.82) is 0 Å². The van der Waals surface area contributed by atoms with E-state index in [9.17, 15) is 17.6 Å². The van der Waals surface area contributed by atoms with Crippen molar-refractivity contribution in [1.82, 2.24) is 14.9 Å². The van der Waals surface area contributed by atoms with Crippen molar-refractivity contribution in [2.24, 2.45) is 0 Å². The monoisotopic (exact) mass is 578 g/mol. The molecule has 210 valence electrons. The summed E-state index contributed by atoms with van der Waals surface area (Å²) in [6.45, 7) is 1.77. The molecule has 3 aromatic heterocycles. The van der Waals surface area contributed by atoms with Crippen molar-refractivity contribution in [3.63, 3.8) is 0 Å². The zero-order valence-corrected chi connectivity index (χ0v) is 23.3. The van der Waals surface area contributed by atoms with Crippen molar-refractivity contribution in [2.75, 3.05) is 24.7 Å². The molecule has 2 aromatic carbocycles.